The highest BCUT2D eigenvalue weighted by molar-refractivity contribution is 7.89. The molecule has 1 saturated heterocycles. The van der Waals surface area contributed by atoms with Crippen molar-refractivity contribution in [3.8, 4) is 0 Å². The maximum Gasteiger partial charge on any atom is 0.409 e. The normalized spacial score (nSPS) is 14.5. The summed E-state index contributed by atoms with van der Waals surface area (Å²) < 4.78 is 32.3. The van der Waals surface area contributed by atoms with Gasteiger partial charge in [-0.2, -0.15) is 14.5 Å². The summed E-state index contributed by atoms with van der Waals surface area (Å²) >= 11 is 0. The monoisotopic (exact) mass is 521 g/mol. The molecule has 0 spiro atoms. The van der Waals surface area contributed by atoms with Gasteiger partial charge in [0.25, 0.3) is 5.91 Å². The fourth-order valence-electron chi connectivity index (χ4n) is 3.68. The quantitative estimate of drug-likeness (QED) is 0.447. The third kappa shape index (κ3) is 6.57. The van der Waals surface area contributed by atoms with Gasteiger partial charge in [-0.15, -0.1) is 0 Å². The summed E-state index contributed by atoms with van der Waals surface area (Å²) in [5.74, 6) is -0.370. The molecule has 0 atom stereocenters. The number of ether oxygens (including phenoxy) is 1. The summed E-state index contributed by atoms with van der Waals surface area (Å²) in [7, 11) is -3.75. The summed E-state index contributed by atoms with van der Waals surface area (Å²) in [5, 5.41) is 11.1. The number of sulfonamides is 1. The van der Waals surface area contributed by atoms with Crippen molar-refractivity contribution in [1.29, 1.82) is 0 Å². The number of benzene rings is 3. The number of amides is 2. The maximum atomic E-state index is 13.0. The molecular formula is C26H27N5O5S. The minimum Gasteiger partial charge on any atom is -0.450 e. The lowest BCUT2D eigenvalue weighted by molar-refractivity contribution is 0.0933. The molecule has 0 radical (unpaired) electrons. The van der Waals surface area contributed by atoms with Crippen molar-refractivity contribution in [3.63, 3.8) is 0 Å². The Morgan fingerprint density at radius 1 is 0.838 bits per heavy atom. The highest BCUT2D eigenvalue weighted by Crippen LogP contribution is 2.22. The number of nitrogens with one attached hydrogen (secondary N) is 1. The van der Waals surface area contributed by atoms with Gasteiger partial charge >= 0.3 is 6.09 Å². The van der Waals surface area contributed by atoms with E-state index in [2.05, 4.69) is 15.5 Å². The molecule has 37 heavy (non-hydrogen) atoms. The van der Waals surface area contributed by atoms with E-state index in [9.17, 15) is 18.0 Å². The molecule has 4 rings (SSSR count). The molecule has 3 aromatic carbocycles. The van der Waals surface area contributed by atoms with E-state index in [1.165, 1.54) is 33.5 Å². The molecule has 1 aliphatic rings. The van der Waals surface area contributed by atoms with Crippen molar-refractivity contribution in [2.75, 3.05) is 38.1 Å². The van der Waals surface area contributed by atoms with Crippen molar-refractivity contribution in [3.05, 3.63) is 84.4 Å². The number of nitrogens with zero attached hydrogens (tertiary/aromatic N) is 4. The number of carbonyl (C=O) groups is 2. The van der Waals surface area contributed by atoms with Gasteiger partial charge in [0.2, 0.25) is 10.0 Å². The topological polar surface area (TPSA) is 121 Å². The van der Waals surface area contributed by atoms with Gasteiger partial charge in [0.1, 0.15) is 0 Å². The van der Waals surface area contributed by atoms with Crippen molar-refractivity contribution in [2.45, 2.75) is 11.8 Å². The predicted molar refractivity (Wildman–Crippen MR) is 139 cm³/mol. The molecule has 10 nitrogen and oxygen atoms in total. The number of azo groups is 1. The zero-order valence-corrected chi connectivity index (χ0v) is 21.1. The standard InChI is InChI=1S/C26H27N5O5S/c1-2-36-26(33)30-16-18-31(19-17-30)37(34,35)24-14-8-20(9-15-24)25(32)27-21-10-12-23(13-11-21)29-28-22-6-4-3-5-7-22/h3-15H,2,16-19H2,1H3,(H,27,32). The first-order chi connectivity index (χ1) is 17.9. The van der Waals surface area contributed by atoms with Crippen LogP contribution in [0, 0.1) is 0 Å². The second kappa shape index (κ2) is 11.8. The van der Waals surface area contributed by atoms with Crippen molar-refractivity contribution in [1.82, 2.24) is 9.21 Å². The van der Waals surface area contributed by atoms with E-state index >= 15 is 0 Å². The number of hydrogen-bond donors (Lipinski definition) is 1. The highest BCUT2D eigenvalue weighted by Gasteiger charge is 2.30. The smallest absolute Gasteiger partial charge is 0.409 e. The molecule has 0 aliphatic carbocycles. The number of hydrogen-bond acceptors (Lipinski definition) is 7. The second-order valence-corrected chi connectivity index (χ2v) is 10.1. The van der Waals surface area contributed by atoms with Crippen LogP contribution in [0.1, 0.15) is 17.3 Å². The largest absolute Gasteiger partial charge is 0.450 e. The first-order valence-electron chi connectivity index (χ1n) is 11.8. The second-order valence-electron chi connectivity index (χ2n) is 8.15. The third-order valence-electron chi connectivity index (χ3n) is 5.68. The molecule has 2 amide bonds. The van der Waals surface area contributed by atoms with Crippen LogP contribution in [-0.4, -0.2) is 62.4 Å². The molecule has 1 heterocycles. The summed E-state index contributed by atoms with van der Waals surface area (Å²) in [4.78, 5) is 26.1. The molecular weight excluding hydrogens is 494 g/mol. The average Bonchev–Trinajstić information content (AvgIpc) is 2.93. The Labute approximate surface area is 215 Å². The Balaban J connectivity index is 1.34. The molecule has 1 N–H and O–H groups in total. The van der Waals surface area contributed by atoms with E-state index in [0.29, 0.717) is 16.9 Å². The Bertz CT molecular complexity index is 1350. The van der Waals surface area contributed by atoms with Crippen LogP contribution in [0.2, 0.25) is 0 Å². The summed E-state index contributed by atoms with van der Waals surface area (Å²) in [5.41, 5.74) is 2.27. The van der Waals surface area contributed by atoms with Gasteiger partial charge in [0, 0.05) is 37.4 Å². The lowest BCUT2D eigenvalue weighted by Crippen LogP contribution is -2.50. The number of carbonyl (C=O) groups excluding carboxylic acids is 2. The van der Waals surface area contributed by atoms with E-state index in [-0.39, 0.29) is 43.6 Å². The molecule has 3 aromatic rings. The van der Waals surface area contributed by atoms with Crippen LogP contribution in [0.3, 0.4) is 0 Å². The summed E-state index contributed by atoms with van der Waals surface area (Å²) in [6.07, 6.45) is -0.443. The first kappa shape index (κ1) is 26.0. The number of piperazine rings is 1. The van der Waals surface area contributed by atoms with E-state index in [4.69, 9.17) is 4.74 Å². The van der Waals surface area contributed by atoms with Crippen LogP contribution < -0.4 is 5.32 Å². The van der Waals surface area contributed by atoms with Gasteiger partial charge in [-0.1, -0.05) is 18.2 Å². The molecule has 11 heteroatoms. The van der Waals surface area contributed by atoms with Crippen LogP contribution in [0.4, 0.5) is 21.9 Å². The van der Waals surface area contributed by atoms with E-state index in [1.807, 2.05) is 30.3 Å². The molecule has 192 valence electrons. The molecule has 1 fully saturated rings. The Morgan fingerprint density at radius 2 is 1.43 bits per heavy atom. The van der Waals surface area contributed by atoms with Gasteiger partial charge in [-0.3, -0.25) is 4.79 Å². The van der Waals surface area contributed by atoms with Crippen LogP contribution >= 0.6 is 0 Å². The van der Waals surface area contributed by atoms with Crippen molar-refractivity contribution in [2.24, 2.45) is 10.2 Å². The van der Waals surface area contributed by atoms with Crippen LogP contribution in [0.25, 0.3) is 0 Å². The maximum absolute atomic E-state index is 13.0. The Morgan fingerprint density at radius 3 is 2.03 bits per heavy atom. The van der Waals surface area contributed by atoms with Crippen LogP contribution in [0.15, 0.2) is 94.0 Å². The summed E-state index contributed by atoms with van der Waals surface area (Å²) in [6, 6.07) is 22.0. The Kier molecular flexibility index (Phi) is 8.26. The predicted octanol–water partition coefficient (Wildman–Crippen LogP) is 4.82. The van der Waals surface area contributed by atoms with Gasteiger partial charge in [0.05, 0.1) is 22.9 Å². The zero-order valence-electron chi connectivity index (χ0n) is 20.3. The molecule has 0 bridgehead atoms. The molecule has 1 aliphatic heterocycles. The fourth-order valence-corrected chi connectivity index (χ4v) is 5.10. The zero-order chi connectivity index (χ0) is 26.3. The lowest BCUT2D eigenvalue weighted by Gasteiger charge is -2.33. The molecule has 0 saturated carbocycles. The number of anilines is 1. The molecule has 0 aromatic heterocycles. The highest BCUT2D eigenvalue weighted by atomic mass is 32.2. The van der Waals surface area contributed by atoms with Crippen LogP contribution in [-0.2, 0) is 14.8 Å². The van der Waals surface area contributed by atoms with E-state index in [1.54, 1.807) is 31.2 Å². The van der Waals surface area contributed by atoms with Gasteiger partial charge in [-0.25, -0.2) is 13.2 Å². The Hall–Kier alpha value is -4.09. The fraction of sp³-hybridized carbons (Fsp3) is 0.231. The van der Waals surface area contributed by atoms with Crippen LogP contribution in [0.5, 0.6) is 0 Å². The SMILES string of the molecule is CCOC(=O)N1CCN(S(=O)(=O)c2ccc(C(=O)Nc3ccc(N=Nc4ccccc4)cc3)cc2)CC1. The van der Waals surface area contributed by atoms with Crippen molar-refractivity contribution >= 4 is 39.1 Å². The number of rotatable bonds is 7. The summed E-state index contributed by atoms with van der Waals surface area (Å²) in [6.45, 7) is 2.84. The van der Waals surface area contributed by atoms with Gasteiger partial charge < -0.3 is 15.0 Å². The third-order valence-corrected chi connectivity index (χ3v) is 7.59. The molecule has 0 unspecified atom stereocenters. The van der Waals surface area contributed by atoms with Gasteiger partial charge in [0.15, 0.2) is 0 Å². The minimum absolute atomic E-state index is 0.0850. The van der Waals surface area contributed by atoms with E-state index in [0.717, 1.165) is 5.69 Å². The van der Waals surface area contributed by atoms with Crippen molar-refractivity contribution < 1.29 is 22.7 Å². The van der Waals surface area contributed by atoms with Gasteiger partial charge in [-0.05, 0) is 67.6 Å². The van der Waals surface area contributed by atoms with E-state index < -0.39 is 16.1 Å². The average molecular weight is 522 g/mol. The lowest BCUT2D eigenvalue weighted by atomic mass is 10.2. The first-order valence-corrected chi connectivity index (χ1v) is 13.2. The minimum atomic E-state index is -3.75.